The second kappa shape index (κ2) is 8.99. The Hall–Kier alpha value is -4.01. The van der Waals surface area contributed by atoms with Gasteiger partial charge in [0.1, 0.15) is 5.75 Å². The molecule has 2 aromatic carbocycles. The van der Waals surface area contributed by atoms with Crippen molar-refractivity contribution in [3.05, 3.63) is 66.8 Å². The van der Waals surface area contributed by atoms with E-state index in [4.69, 9.17) is 9.26 Å². The highest BCUT2D eigenvalue weighted by Crippen LogP contribution is 2.21. The first kappa shape index (κ1) is 19.3. The van der Waals surface area contributed by atoms with Crippen LogP contribution in [0.25, 0.3) is 17.1 Å². The minimum Gasteiger partial charge on any atom is -0.494 e. The number of carbonyl (C=O) groups is 1. The number of hydrogen-bond acceptors (Lipinski definition) is 7. The zero-order valence-corrected chi connectivity index (χ0v) is 16.4. The molecule has 152 valence electrons. The molecule has 4 rings (SSSR count). The average molecular weight is 404 g/mol. The third-order valence-corrected chi connectivity index (χ3v) is 4.31. The molecule has 0 spiro atoms. The Balaban J connectivity index is 1.36. The molecule has 0 saturated carbocycles. The number of ether oxygens (including phenoxy) is 1. The van der Waals surface area contributed by atoms with Crippen molar-refractivity contribution in [1.29, 1.82) is 0 Å². The Kier molecular flexibility index (Phi) is 5.79. The number of aryl methyl sites for hydroxylation is 1. The van der Waals surface area contributed by atoms with Gasteiger partial charge in [-0.25, -0.2) is 4.68 Å². The lowest BCUT2D eigenvalue weighted by atomic mass is 10.2. The molecule has 0 aliphatic rings. The van der Waals surface area contributed by atoms with Gasteiger partial charge < -0.3 is 14.6 Å². The molecule has 1 amide bonds. The van der Waals surface area contributed by atoms with E-state index in [1.165, 1.54) is 0 Å². The molecule has 9 nitrogen and oxygen atoms in total. The van der Waals surface area contributed by atoms with Crippen LogP contribution in [0.5, 0.6) is 5.75 Å². The Bertz CT molecular complexity index is 1110. The first-order valence-corrected chi connectivity index (χ1v) is 9.54. The zero-order valence-electron chi connectivity index (χ0n) is 16.4. The smallest absolute Gasteiger partial charge is 0.227 e. The molecule has 0 atom stereocenters. The van der Waals surface area contributed by atoms with Crippen molar-refractivity contribution in [3.63, 3.8) is 0 Å². The summed E-state index contributed by atoms with van der Waals surface area (Å²) in [5, 5.41) is 14.7. The molecule has 0 bridgehead atoms. The number of nitrogens with zero attached hydrogens (tertiary/aromatic N) is 5. The highest BCUT2D eigenvalue weighted by Gasteiger charge is 2.13. The van der Waals surface area contributed by atoms with Gasteiger partial charge in [-0.3, -0.25) is 4.79 Å². The molecule has 2 aromatic heterocycles. The normalized spacial score (nSPS) is 10.7. The van der Waals surface area contributed by atoms with E-state index in [1.807, 2.05) is 55.5 Å². The number of amides is 1. The van der Waals surface area contributed by atoms with E-state index in [0.29, 0.717) is 30.4 Å². The Morgan fingerprint density at radius 1 is 1.17 bits per heavy atom. The molecule has 9 heteroatoms. The summed E-state index contributed by atoms with van der Waals surface area (Å²) < 4.78 is 12.3. The molecule has 1 N–H and O–H groups in total. The van der Waals surface area contributed by atoms with Crippen molar-refractivity contribution < 1.29 is 14.1 Å². The number of carbonyl (C=O) groups excluding carboxylic acids is 1. The van der Waals surface area contributed by atoms with Crippen LogP contribution in [0, 0.1) is 0 Å². The van der Waals surface area contributed by atoms with Crippen LogP contribution in [0.4, 0.5) is 5.69 Å². The molecule has 4 aromatic rings. The van der Waals surface area contributed by atoms with Crippen LogP contribution in [0.2, 0.25) is 0 Å². The van der Waals surface area contributed by atoms with E-state index in [9.17, 15) is 4.79 Å². The molecule has 0 fully saturated rings. The van der Waals surface area contributed by atoms with E-state index in [-0.39, 0.29) is 12.3 Å². The molecule has 2 heterocycles. The lowest BCUT2D eigenvalue weighted by Crippen LogP contribution is -2.14. The van der Waals surface area contributed by atoms with Crippen molar-refractivity contribution in [3.8, 4) is 22.8 Å². The van der Waals surface area contributed by atoms with E-state index in [2.05, 4.69) is 25.8 Å². The van der Waals surface area contributed by atoms with Gasteiger partial charge in [-0.05, 0) is 43.3 Å². The number of para-hydroxylation sites is 2. The van der Waals surface area contributed by atoms with Crippen molar-refractivity contribution in [1.82, 2.24) is 25.1 Å². The van der Waals surface area contributed by atoms with Crippen LogP contribution in [0.3, 0.4) is 0 Å². The Labute approximate surface area is 172 Å². The van der Waals surface area contributed by atoms with Gasteiger partial charge in [0.15, 0.2) is 0 Å². The van der Waals surface area contributed by atoms with Gasteiger partial charge in [0.2, 0.25) is 17.6 Å². The van der Waals surface area contributed by atoms with E-state index < -0.39 is 0 Å². The molecule has 30 heavy (non-hydrogen) atoms. The maximum absolute atomic E-state index is 12.4. The summed E-state index contributed by atoms with van der Waals surface area (Å²) in [5.41, 5.74) is 2.20. The monoisotopic (exact) mass is 404 g/mol. The molecule has 0 radical (unpaired) electrons. The highest BCUT2D eigenvalue weighted by molar-refractivity contribution is 5.92. The lowest BCUT2D eigenvalue weighted by Gasteiger charge is -2.09. The summed E-state index contributed by atoms with van der Waals surface area (Å²) in [5.74, 6) is 1.50. The molecule has 0 aliphatic heterocycles. The van der Waals surface area contributed by atoms with Gasteiger partial charge in [-0.1, -0.05) is 22.5 Å². The third-order valence-electron chi connectivity index (χ3n) is 4.31. The fourth-order valence-electron chi connectivity index (χ4n) is 2.89. The summed E-state index contributed by atoms with van der Waals surface area (Å²) in [6.45, 7) is 2.54. The van der Waals surface area contributed by atoms with Crippen LogP contribution in [-0.2, 0) is 11.2 Å². The van der Waals surface area contributed by atoms with E-state index in [0.717, 1.165) is 17.0 Å². The predicted molar refractivity (Wildman–Crippen MR) is 109 cm³/mol. The number of aromatic nitrogens is 5. The van der Waals surface area contributed by atoms with Crippen LogP contribution >= 0.6 is 0 Å². The van der Waals surface area contributed by atoms with Crippen molar-refractivity contribution >= 4 is 11.6 Å². The molecule has 0 unspecified atom stereocenters. The molecule has 0 saturated heterocycles. The number of rotatable bonds is 8. The Morgan fingerprint density at radius 2 is 2.00 bits per heavy atom. The summed E-state index contributed by atoms with van der Waals surface area (Å²) >= 11 is 0. The predicted octanol–water partition coefficient (Wildman–Crippen LogP) is 3.29. The SMILES string of the molecule is CCOc1ccc(-c2noc(CCC(=O)Nc3ccccc3-n3ccnn3)n2)cc1. The first-order valence-electron chi connectivity index (χ1n) is 9.54. The second-order valence-electron chi connectivity index (χ2n) is 6.38. The van der Waals surface area contributed by atoms with Gasteiger partial charge >= 0.3 is 0 Å². The van der Waals surface area contributed by atoms with Crippen molar-refractivity contribution in [2.24, 2.45) is 0 Å². The zero-order chi connectivity index (χ0) is 20.8. The number of hydrogen-bond donors (Lipinski definition) is 1. The number of anilines is 1. The second-order valence-corrected chi connectivity index (χ2v) is 6.38. The Morgan fingerprint density at radius 3 is 2.77 bits per heavy atom. The van der Waals surface area contributed by atoms with Gasteiger partial charge in [0.25, 0.3) is 0 Å². The lowest BCUT2D eigenvalue weighted by molar-refractivity contribution is -0.116. The highest BCUT2D eigenvalue weighted by atomic mass is 16.5. The number of benzene rings is 2. The van der Waals surface area contributed by atoms with Crippen molar-refractivity contribution in [2.45, 2.75) is 19.8 Å². The quantitative estimate of drug-likeness (QED) is 0.480. The minimum absolute atomic E-state index is 0.164. The summed E-state index contributed by atoms with van der Waals surface area (Å²) in [6, 6.07) is 14.8. The van der Waals surface area contributed by atoms with Crippen molar-refractivity contribution in [2.75, 3.05) is 11.9 Å². The molecular formula is C21H20N6O3. The molecule has 0 aliphatic carbocycles. The summed E-state index contributed by atoms with van der Waals surface area (Å²) in [4.78, 5) is 16.8. The van der Waals surface area contributed by atoms with Gasteiger partial charge in [-0.15, -0.1) is 5.10 Å². The van der Waals surface area contributed by atoms with Gasteiger partial charge in [0.05, 0.1) is 30.4 Å². The molecular weight excluding hydrogens is 384 g/mol. The van der Waals surface area contributed by atoms with E-state index >= 15 is 0 Å². The van der Waals surface area contributed by atoms with Gasteiger partial charge in [-0.2, -0.15) is 4.98 Å². The maximum Gasteiger partial charge on any atom is 0.227 e. The summed E-state index contributed by atoms with van der Waals surface area (Å²) in [6.07, 6.45) is 3.83. The summed E-state index contributed by atoms with van der Waals surface area (Å²) in [7, 11) is 0. The van der Waals surface area contributed by atoms with Crippen LogP contribution < -0.4 is 10.1 Å². The fourth-order valence-corrected chi connectivity index (χ4v) is 2.89. The third kappa shape index (κ3) is 4.52. The first-order chi connectivity index (χ1) is 14.7. The topological polar surface area (TPSA) is 108 Å². The standard InChI is InChI=1S/C21H20N6O3/c1-2-29-16-9-7-15(8-10-16)21-24-20(30-25-21)12-11-19(28)23-17-5-3-4-6-18(17)27-14-13-22-26-27/h3-10,13-14H,2,11-12H2,1H3,(H,23,28). The van der Waals surface area contributed by atoms with Crippen LogP contribution in [-0.4, -0.2) is 37.6 Å². The van der Waals surface area contributed by atoms with Gasteiger partial charge in [0, 0.05) is 18.4 Å². The fraction of sp³-hybridized carbons (Fsp3) is 0.190. The average Bonchev–Trinajstić information content (AvgIpc) is 3.46. The number of nitrogens with one attached hydrogen (secondary N) is 1. The largest absolute Gasteiger partial charge is 0.494 e. The maximum atomic E-state index is 12.4. The van der Waals surface area contributed by atoms with E-state index in [1.54, 1.807) is 17.1 Å². The minimum atomic E-state index is -0.164. The van der Waals surface area contributed by atoms with Crippen LogP contribution in [0.15, 0.2) is 65.4 Å². The van der Waals surface area contributed by atoms with Crippen LogP contribution in [0.1, 0.15) is 19.2 Å².